The van der Waals surface area contributed by atoms with Gasteiger partial charge >= 0.3 is 0 Å². The zero-order valence-electron chi connectivity index (χ0n) is 6.89. The van der Waals surface area contributed by atoms with E-state index in [9.17, 15) is 9.18 Å². The van der Waals surface area contributed by atoms with Gasteiger partial charge in [0, 0.05) is 15.9 Å². The Hall–Kier alpha value is -0.450. The molecule has 0 radical (unpaired) electrons. The topological polar surface area (TPSA) is 17.1 Å². The third-order valence-corrected chi connectivity index (χ3v) is 3.08. The molecule has 1 fully saturated rings. The molecule has 0 saturated heterocycles. The number of carbonyl (C=O) groups excluding carboxylic acids is 1. The summed E-state index contributed by atoms with van der Waals surface area (Å²) in [5, 5.41) is 0. The van der Waals surface area contributed by atoms with Crippen LogP contribution in [0.3, 0.4) is 0 Å². The van der Waals surface area contributed by atoms with Crippen molar-refractivity contribution in [3.63, 3.8) is 0 Å². The fourth-order valence-electron chi connectivity index (χ4n) is 1.52. The Labute approximate surface area is 89.5 Å². The molecule has 1 aromatic carbocycles. The number of rotatable bonds is 1. The number of carbonyl (C=O) groups is 1. The molecule has 0 N–H and O–H groups in total. The smallest absolute Gasteiger partial charge is 0.140 e. The van der Waals surface area contributed by atoms with Crippen molar-refractivity contribution < 1.29 is 9.18 Å². The molecule has 0 amide bonds. The molecule has 0 heterocycles. The average Bonchev–Trinajstić information content (AvgIpc) is 2.07. The second kappa shape index (κ2) is 3.36. The third kappa shape index (κ3) is 1.61. The predicted molar refractivity (Wildman–Crippen MR) is 56.1 cm³/mol. The van der Waals surface area contributed by atoms with Gasteiger partial charge in [-0.25, -0.2) is 4.39 Å². The van der Waals surface area contributed by atoms with Crippen LogP contribution in [0.4, 0.5) is 4.39 Å². The maximum Gasteiger partial charge on any atom is 0.140 e. The van der Waals surface area contributed by atoms with E-state index in [1.165, 1.54) is 6.07 Å². The van der Waals surface area contributed by atoms with Crippen LogP contribution in [0.2, 0.25) is 0 Å². The van der Waals surface area contributed by atoms with Gasteiger partial charge in [0.25, 0.3) is 0 Å². The van der Waals surface area contributed by atoms with Crippen molar-refractivity contribution in [2.75, 3.05) is 0 Å². The first-order valence-corrected chi connectivity index (χ1v) is 5.24. The van der Waals surface area contributed by atoms with E-state index in [4.69, 9.17) is 0 Å². The zero-order chi connectivity index (χ0) is 9.42. The van der Waals surface area contributed by atoms with E-state index in [-0.39, 0.29) is 17.5 Å². The highest BCUT2D eigenvalue weighted by atomic mass is 127. The zero-order valence-corrected chi connectivity index (χ0v) is 9.05. The van der Waals surface area contributed by atoms with E-state index >= 15 is 0 Å². The molecule has 1 aliphatic rings. The second-order valence-corrected chi connectivity index (χ2v) is 4.47. The van der Waals surface area contributed by atoms with Crippen LogP contribution in [0.1, 0.15) is 24.3 Å². The lowest BCUT2D eigenvalue weighted by molar-refractivity contribution is -0.125. The lowest BCUT2D eigenvalue weighted by atomic mass is 9.78. The van der Waals surface area contributed by atoms with Gasteiger partial charge in [0.2, 0.25) is 0 Å². The first-order chi connectivity index (χ1) is 6.18. The molecule has 1 nitrogen and oxygen atoms in total. The summed E-state index contributed by atoms with van der Waals surface area (Å²) < 4.78 is 14.2. The molecule has 68 valence electrons. The van der Waals surface area contributed by atoms with Crippen molar-refractivity contribution in [1.82, 2.24) is 0 Å². The van der Waals surface area contributed by atoms with Gasteiger partial charge in [0.05, 0.1) is 0 Å². The molecular weight excluding hydrogens is 282 g/mol. The van der Waals surface area contributed by atoms with Gasteiger partial charge in [-0.1, -0.05) is 6.07 Å². The first kappa shape index (κ1) is 9.12. The van der Waals surface area contributed by atoms with Crippen LogP contribution in [-0.2, 0) is 4.79 Å². The standard InChI is InChI=1S/C10H8FIO/c11-9-5-6(12)1-2-7(9)8-3-4-10(8)13/h1-2,5,8H,3-4H2. The largest absolute Gasteiger partial charge is 0.299 e. The van der Waals surface area contributed by atoms with E-state index in [0.29, 0.717) is 12.0 Å². The summed E-state index contributed by atoms with van der Waals surface area (Å²) in [7, 11) is 0. The number of benzene rings is 1. The molecule has 1 aliphatic carbocycles. The van der Waals surface area contributed by atoms with Crippen molar-refractivity contribution in [1.29, 1.82) is 0 Å². The Morgan fingerprint density at radius 2 is 2.23 bits per heavy atom. The van der Waals surface area contributed by atoms with Crippen molar-refractivity contribution in [2.24, 2.45) is 0 Å². The Morgan fingerprint density at radius 1 is 1.46 bits per heavy atom. The average molecular weight is 290 g/mol. The monoisotopic (exact) mass is 290 g/mol. The normalized spacial score (nSPS) is 21.4. The molecule has 0 aliphatic heterocycles. The van der Waals surface area contributed by atoms with Crippen LogP contribution >= 0.6 is 22.6 Å². The number of Topliss-reactive ketones (excluding diaryl/α,β-unsaturated/α-hetero) is 1. The summed E-state index contributed by atoms with van der Waals surface area (Å²) in [5.74, 6) is -0.248. The van der Waals surface area contributed by atoms with E-state index in [2.05, 4.69) is 22.6 Å². The third-order valence-electron chi connectivity index (χ3n) is 2.41. The van der Waals surface area contributed by atoms with Crippen LogP contribution in [0.25, 0.3) is 0 Å². The van der Waals surface area contributed by atoms with E-state index < -0.39 is 0 Å². The summed E-state index contributed by atoms with van der Waals surface area (Å²) in [6.07, 6.45) is 1.41. The molecule has 1 saturated carbocycles. The molecular formula is C10H8FIO. The summed E-state index contributed by atoms with van der Waals surface area (Å²) in [4.78, 5) is 11.1. The minimum atomic E-state index is -0.245. The molecule has 1 unspecified atom stereocenters. The summed E-state index contributed by atoms with van der Waals surface area (Å²) >= 11 is 2.06. The maximum atomic E-state index is 13.3. The van der Waals surface area contributed by atoms with Gasteiger partial charge in [0.15, 0.2) is 0 Å². The van der Waals surface area contributed by atoms with Crippen LogP contribution in [-0.4, -0.2) is 5.78 Å². The van der Waals surface area contributed by atoms with Crippen molar-refractivity contribution in [3.05, 3.63) is 33.1 Å². The Bertz CT molecular complexity index is 362. The Kier molecular flexibility index (Phi) is 2.36. The van der Waals surface area contributed by atoms with Crippen LogP contribution < -0.4 is 0 Å². The van der Waals surface area contributed by atoms with E-state index in [1.807, 2.05) is 6.07 Å². The minimum Gasteiger partial charge on any atom is -0.299 e. The van der Waals surface area contributed by atoms with Gasteiger partial charge in [-0.15, -0.1) is 0 Å². The Morgan fingerprint density at radius 3 is 2.69 bits per heavy atom. The number of hydrogen-bond donors (Lipinski definition) is 0. The minimum absolute atomic E-state index is 0.167. The highest BCUT2D eigenvalue weighted by Gasteiger charge is 2.31. The highest BCUT2D eigenvalue weighted by molar-refractivity contribution is 14.1. The Balaban J connectivity index is 2.35. The van der Waals surface area contributed by atoms with Crippen molar-refractivity contribution >= 4 is 28.4 Å². The van der Waals surface area contributed by atoms with Crippen LogP contribution in [0, 0.1) is 9.39 Å². The van der Waals surface area contributed by atoms with Crippen LogP contribution in [0.15, 0.2) is 18.2 Å². The predicted octanol–water partition coefficient (Wildman–Crippen LogP) is 2.88. The summed E-state index contributed by atoms with van der Waals surface area (Å²) in [6.45, 7) is 0. The quantitative estimate of drug-likeness (QED) is 0.727. The molecule has 1 aromatic rings. The molecule has 2 rings (SSSR count). The number of ketones is 1. The molecule has 0 aromatic heterocycles. The van der Waals surface area contributed by atoms with Gasteiger partial charge in [-0.3, -0.25) is 4.79 Å². The maximum absolute atomic E-state index is 13.3. The fraction of sp³-hybridized carbons (Fsp3) is 0.300. The summed E-state index contributed by atoms with van der Waals surface area (Å²) in [6, 6.07) is 5.03. The van der Waals surface area contributed by atoms with Crippen LogP contribution in [0.5, 0.6) is 0 Å². The van der Waals surface area contributed by atoms with Crippen molar-refractivity contribution in [3.8, 4) is 0 Å². The van der Waals surface area contributed by atoms with Gasteiger partial charge < -0.3 is 0 Å². The SMILES string of the molecule is O=C1CCC1c1ccc(I)cc1F. The first-order valence-electron chi connectivity index (χ1n) is 4.16. The fourth-order valence-corrected chi connectivity index (χ4v) is 1.97. The lowest BCUT2D eigenvalue weighted by Gasteiger charge is -2.24. The summed E-state index contributed by atoms with van der Waals surface area (Å²) in [5.41, 5.74) is 0.566. The lowest BCUT2D eigenvalue weighted by Crippen LogP contribution is -2.24. The van der Waals surface area contributed by atoms with Crippen molar-refractivity contribution in [2.45, 2.75) is 18.8 Å². The molecule has 0 bridgehead atoms. The van der Waals surface area contributed by atoms with Gasteiger partial charge in [-0.05, 0) is 46.7 Å². The number of hydrogen-bond acceptors (Lipinski definition) is 1. The molecule has 3 heteroatoms. The van der Waals surface area contributed by atoms with Gasteiger partial charge in [-0.2, -0.15) is 0 Å². The second-order valence-electron chi connectivity index (χ2n) is 3.22. The molecule has 1 atom stereocenters. The highest BCUT2D eigenvalue weighted by Crippen LogP contribution is 2.34. The molecule has 13 heavy (non-hydrogen) atoms. The van der Waals surface area contributed by atoms with E-state index in [0.717, 1.165) is 9.99 Å². The van der Waals surface area contributed by atoms with Gasteiger partial charge in [0.1, 0.15) is 11.6 Å². The van der Waals surface area contributed by atoms with E-state index in [1.54, 1.807) is 6.07 Å². The number of halogens is 2. The molecule has 0 spiro atoms.